The normalized spacial score (nSPS) is 10.5. The maximum Gasteiger partial charge on any atom is 0.267 e. The lowest BCUT2D eigenvalue weighted by Gasteiger charge is -1.99. The van der Waals surface area contributed by atoms with Gasteiger partial charge in [0.05, 0.1) is 5.69 Å². The summed E-state index contributed by atoms with van der Waals surface area (Å²) in [6.07, 6.45) is 3.96. The molecule has 2 heterocycles. The molecule has 0 aliphatic rings. The molecule has 5 nitrogen and oxygen atoms in total. The molecule has 4 N–H and O–H groups in total. The third-order valence-electron chi connectivity index (χ3n) is 2.22. The van der Waals surface area contributed by atoms with Crippen LogP contribution in [0.1, 0.15) is 5.56 Å². The minimum atomic E-state index is -0.112. The van der Waals surface area contributed by atoms with E-state index in [2.05, 4.69) is 15.2 Å². The first kappa shape index (κ1) is 9.67. The second kappa shape index (κ2) is 4.10. The number of aromatic amines is 2. The van der Waals surface area contributed by atoms with E-state index < -0.39 is 0 Å². The summed E-state index contributed by atoms with van der Waals surface area (Å²) in [5.41, 5.74) is 7.69. The lowest BCUT2D eigenvalue weighted by atomic mass is 10.1. The van der Waals surface area contributed by atoms with Gasteiger partial charge < -0.3 is 5.73 Å². The number of hydrogen-bond donors (Lipinski definition) is 3. The monoisotopic (exact) mass is 204 g/mol. The molecule has 0 spiro atoms. The molecule has 0 aliphatic carbocycles. The van der Waals surface area contributed by atoms with Gasteiger partial charge in [-0.15, -0.1) is 0 Å². The molecule has 78 valence electrons. The zero-order valence-corrected chi connectivity index (χ0v) is 8.16. The summed E-state index contributed by atoms with van der Waals surface area (Å²) in [6, 6.07) is 3.72. The molecule has 0 amide bonds. The highest BCUT2D eigenvalue weighted by atomic mass is 16.1. The largest absolute Gasteiger partial charge is 0.330 e. The van der Waals surface area contributed by atoms with E-state index in [0.29, 0.717) is 18.5 Å². The standard InChI is InChI=1S/C10H12N4O/c11-4-3-8-9(13-14-10(8)15)7-2-1-5-12-6-7/h1-2,5-6H,3-4,11H2,(H2,13,14,15). The van der Waals surface area contributed by atoms with Crippen molar-refractivity contribution in [2.24, 2.45) is 5.73 Å². The minimum absolute atomic E-state index is 0.112. The van der Waals surface area contributed by atoms with Gasteiger partial charge in [0.25, 0.3) is 5.56 Å². The highest BCUT2D eigenvalue weighted by Gasteiger charge is 2.10. The molecule has 2 aromatic rings. The van der Waals surface area contributed by atoms with E-state index in [-0.39, 0.29) is 5.56 Å². The van der Waals surface area contributed by atoms with Gasteiger partial charge >= 0.3 is 0 Å². The van der Waals surface area contributed by atoms with Gasteiger partial charge in [0, 0.05) is 23.5 Å². The van der Waals surface area contributed by atoms with E-state index in [4.69, 9.17) is 5.73 Å². The van der Waals surface area contributed by atoms with Gasteiger partial charge in [0.2, 0.25) is 0 Å². The van der Waals surface area contributed by atoms with Crippen molar-refractivity contribution in [2.75, 3.05) is 6.54 Å². The van der Waals surface area contributed by atoms with E-state index in [9.17, 15) is 4.79 Å². The van der Waals surface area contributed by atoms with Crippen LogP contribution in [0, 0.1) is 0 Å². The SMILES string of the molecule is NCCc1c(-c2cccnc2)[nH][nH]c1=O. The number of pyridine rings is 1. The third kappa shape index (κ3) is 1.82. The van der Waals surface area contributed by atoms with Gasteiger partial charge in [0.1, 0.15) is 0 Å². The zero-order valence-electron chi connectivity index (χ0n) is 8.16. The summed E-state index contributed by atoms with van der Waals surface area (Å²) in [5, 5.41) is 5.40. The first-order chi connectivity index (χ1) is 7.33. The smallest absolute Gasteiger partial charge is 0.267 e. The summed E-state index contributed by atoms with van der Waals surface area (Å²) in [5.74, 6) is 0. The lowest BCUT2D eigenvalue weighted by molar-refractivity contribution is 0.960. The van der Waals surface area contributed by atoms with Gasteiger partial charge in [-0.2, -0.15) is 0 Å². The Hall–Kier alpha value is -1.88. The van der Waals surface area contributed by atoms with Gasteiger partial charge in [0.15, 0.2) is 0 Å². The van der Waals surface area contributed by atoms with Gasteiger partial charge in [-0.3, -0.25) is 20.0 Å². The fourth-order valence-corrected chi connectivity index (χ4v) is 1.52. The molecule has 0 atom stereocenters. The van der Waals surface area contributed by atoms with Crippen LogP contribution in [0.2, 0.25) is 0 Å². The van der Waals surface area contributed by atoms with E-state index in [1.807, 2.05) is 12.1 Å². The van der Waals surface area contributed by atoms with Crippen molar-refractivity contribution >= 4 is 0 Å². The quantitative estimate of drug-likeness (QED) is 0.670. The number of H-pyrrole nitrogens is 2. The highest BCUT2D eigenvalue weighted by molar-refractivity contribution is 5.61. The Kier molecular flexibility index (Phi) is 2.64. The molecule has 0 fully saturated rings. The molecular weight excluding hydrogens is 192 g/mol. The molecule has 5 heteroatoms. The van der Waals surface area contributed by atoms with Gasteiger partial charge in [-0.05, 0) is 25.1 Å². The third-order valence-corrected chi connectivity index (χ3v) is 2.22. The number of nitrogens with one attached hydrogen (secondary N) is 2. The van der Waals surface area contributed by atoms with Crippen molar-refractivity contribution in [3.63, 3.8) is 0 Å². The average Bonchev–Trinajstić information content (AvgIpc) is 2.63. The fraction of sp³-hybridized carbons (Fsp3) is 0.200. The van der Waals surface area contributed by atoms with Crippen molar-refractivity contribution in [1.29, 1.82) is 0 Å². The molecule has 0 unspecified atom stereocenters. The van der Waals surface area contributed by atoms with Crippen LogP contribution in [0.4, 0.5) is 0 Å². The van der Waals surface area contributed by atoms with Crippen LogP contribution >= 0.6 is 0 Å². The summed E-state index contributed by atoms with van der Waals surface area (Å²) >= 11 is 0. The molecule has 2 rings (SSSR count). The van der Waals surface area contributed by atoms with Crippen LogP contribution in [0.15, 0.2) is 29.3 Å². The molecule has 0 saturated carbocycles. The van der Waals surface area contributed by atoms with Crippen LogP contribution in [-0.2, 0) is 6.42 Å². The predicted molar refractivity (Wildman–Crippen MR) is 57.4 cm³/mol. The Balaban J connectivity index is 2.49. The minimum Gasteiger partial charge on any atom is -0.330 e. The summed E-state index contributed by atoms with van der Waals surface area (Å²) < 4.78 is 0. The molecule has 2 aromatic heterocycles. The molecular formula is C10H12N4O. The van der Waals surface area contributed by atoms with E-state index >= 15 is 0 Å². The Bertz CT molecular complexity index is 486. The maximum absolute atomic E-state index is 11.4. The Morgan fingerprint density at radius 1 is 1.40 bits per heavy atom. The van der Waals surface area contributed by atoms with Crippen LogP contribution < -0.4 is 11.3 Å². The van der Waals surface area contributed by atoms with Crippen molar-refractivity contribution in [2.45, 2.75) is 6.42 Å². The van der Waals surface area contributed by atoms with Gasteiger partial charge in [-0.25, -0.2) is 0 Å². The van der Waals surface area contributed by atoms with Crippen LogP contribution in [0.5, 0.6) is 0 Å². The highest BCUT2D eigenvalue weighted by Crippen LogP contribution is 2.17. The second-order valence-electron chi connectivity index (χ2n) is 3.21. The van der Waals surface area contributed by atoms with Crippen molar-refractivity contribution in [3.8, 4) is 11.3 Å². The molecule has 0 saturated heterocycles. The van der Waals surface area contributed by atoms with Gasteiger partial charge in [-0.1, -0.05) is 0 Å². The van der Waals surface area contributed by atoms with Crippen LogP contribution in [-0.4, -0.2) is 21.7 Å². The number of nitrogens with two attached hydrogens (primary N) is 1. The first-order valence-corrected chi connectivity index (χ1v) is 4.73. The van der Waals surface area contributed by atoms with E-state index in [1.54, 1.807) is 12.4 Å². The molecule has 0 radical (unpaired) electrons. The summed E-state index contributed by atoms with van der Waals surface area (Å²) in [4.78, 5) is 15.4. The van der Waals surface area contributed by atoms with Crippen molar-refractivity contribution in [3.05, 3.63) is 40.4 Å². The fourth-order valence-electron chi connectivity index (χ4n) is 1.52. The first-order valence-electron chi connectivity index (χ1n) is 4.73. The van der Waals surface area contributed by atoms with Crippen molar-refractivity contribution in [1.82, 2.24) is 15.2 Å². The Morgan fingerprint density at radius 3 is 2.93 bits per heavy atom. The molecule has 0 bridgehead atoms. The van der Waals surface area contributed by atoms with E-state index in [0.717, 1.165) is 11.3 Å². The number of hydrogen-bond acceptors (Lipinski definition) is 3. The lowest BCUT2D eigenvalue weighted by Crippen LogP contribution is -2.12. The van der Waals surface area contributed by atoms with Crippen LogP contribution in [0.3, 0.4) is 0 Å². The Labute approximate surface area is 86.3 Å². The number of rotatable bonds is 3. The maximum atomic E-state index is 11.4. The Morgan fingerprint density at radius 2 is 2.27 bits per heavy atom. The van der Waals surface area contributed by atoms with E-state index in [1.165, 1.54) is 0 Å². The molecule has 15 heavy (non-hydrogen) atoms. The molecule has 0 aromatic carbocycles. The number of nitrogens with zero attached hydrogens (tertiary/aromatic N) is 1. The second-order valence-corrected chi connectivity index (χ2v) is 3.21. The summed E-state index contributed by atoms with van der Waals surface area (Å²) in [6.45, 7) is 0.453. The zero-order chi connectivity index (χ0) is 10.7. The van der Waals surface area contributed by atoms with Crippen LogP contribution in [0.25, 0.3) is 11.3 Å². The van der Waals surface area contributed by atoms with Crippen molar-refractivity contribution < 1.29 is 0 Å². The average molecular weight is 204 g/mol. The predicted octanol–water partition coefficient (Wildman–Crippen LogP) is 0.266. The number of aromatic nitrogens is 3. The topological polar surface area (TPSA) is 87.6 Å². The summed E-state index contributed by atoms with van der Waals surface area (Å²) in [7, 11) is 0. The molecule has 0 aliphatic heterocycles.